The Bertz CT molecular complexity index is 1020. The number of amides is 2. The molecule has 2 heterocycles. The maximum Gasteiger partial charge on any atom is 0.261 e. The highest BCUT2D eigenvalue weighted by atomic mass is 35.5. The van der Waals surface area contributed by atoms with Gasteiger partial charge in [-0.05, 0) is 31.2 Å². The van der Waals surface area contributed by atoms with Crippen molar-refractivity contribution in [1.29, 1.82) is 0 Å². The van der Waals surface area contributed by atoms with Crippen LogP contribution in [0.1, 0.15) is 13.8 Å². The molecule has 0 saturated carbocycles. The van der Waals surface area contributed by atoms with Crippen LogP contribution in [0.5, 0.6) is 0 Å². The second-order valence-electron chi connectivity index (χ2n) is 7.14. The maximum absolute atomic E-state index is 12.4. The van der Waals surface area contributed by atoms with Gasteiger partial charge in [0.15, 0.2) is 5.82 Å². The van der Waals surface area contributed by atoms with Gasteiger partial charge in [-0.2, -0.15) is 0 Å². The Morgan fingerprint density at radius 1 is 1.03 bits per heavy atom. The van der Waals surface area contributed by atoms with Crippen molar-refractivity contribution < 1.29 is 14.3 Å². The molecule has 33 heavy (non-hydrogen) atoms. The zero-order valence-electron chi connectivity index (χ0n) is 18.5. The highest BCUT2D eigenvalue weighted by Gasteiger charge is 2.18. The van der Waals surface area contributed by atoms with Crippen molar-refractivity contribution in [2.45, 2.75) is 13.8 Å². The number of halogens is 1. The van der Waals surface area contributed by atoms with Crippen molar-refractivity contribution in [3.8, 4) is 11.4 Å². The number of hydrogen-bond acceptors (Lipinski definition) is 8. The van der Waals surface area contributed by atoms with Crippen LogP contribution >= 0.6 is 23.4 Å². The molecular weight excluding hydrogens is 464 g/mol. The summed E-state index contributed by atoms with van der Waals surface area (Å²) in [4.78, 5) is 33.2. The summed E-state index contributed by atoms with van der Waals surface area (Å²) in [6, 6.07) is 9.05. The minimum Gasteiger partial charge on any atom is -0.496 e. The number of nitrogens with one attached hydrogen (secondary N) is 4. The van der Waals surface area contributed by atoms with Gasteiger partial charge in [-0.25, -0.2) is 9.97 Å². The molecule has 9 nitrogen and oxygen atoms in total. The van der Waals surface area contributed by atoms with Crippen LogP contribution in [0.15, 0.2) is 41.0 Å². The van der Waals surface area contributed by atoms with Crippen molar-refractivity contribution in [3.05, 3.63) is 46.0 Å². The summed E-state index contributed by atoms with van der Waals surface area (Å²) in [7, 11) is 0. The van der Waals surface area contributed by atoms with E-state index in [9.17, 15) is 9.59 Å². The monoisotopic (exact) mass is 490 g/mol. The van der Waals surface area contributed by atoms with E-state index in [1.54, 1.807) is 25.1 Å². The fourth-order valence-electron chi connectivity index (χ4n) is 2.96. The third-order valence-electron chi connectivity index (χ3n) is 4.52. The molecule has 0 bridgehead atoms. The predicted octanol–water partition coefficient (Wildman–Crippen LogP) is 2.87. The SMILES string of the molecule is CC(=O)NCCNc1cc(NCCNC(=O)C2=C(C)OCCS2)nc(-c2ccc(Cl)cc2)n1. The molecule has 1 aromatic heterocycles. The fraction of sp³-hybridized carbons (Fsp3) is 0.364. The van der Waals surface area contributed by atoms with Gasteiger partial charge >= 0.3 is 0 Å². The van der Waals surface area contributed by atoms with E-state index < -0.39 is 0 Å². The Morgan fingerprint density at radius 2 is 1.67 bits per heavy atom. The normalized spacial score (nSPS) is 13.2. The number of nitrogens with zero attached hydrogens (tertiary/aromatic N) is 2. The summed E-state index contributed by atoms with van der Waals surface area (Å²) in [6.07, 6.45) is 0. The quantitative estimate of drug-likeness (QED) is 0.375. The summed E-state index contributed by atoms with van der Waals surface area (Å²) in [6.45, 7) is 5.79. The van der Waals surface area contributed by atoms with E-state index >= 15 is 0 Å². The third-order valence-corrected chi connectivity index (χ3v) is 5.91. The maximum atomic E-state index is 12.4. The van der Waals surface area contributed by atoms with Gasteiger partial charge < -0.3 is 26.0 Å². The summed E-state index contributed by atoms with van der Waals surface area (Å²) in [5, 5.41) is 12.7. The molecule has 2 amide bonds. The second-order valence-corrected chi connectivity index (χ2v) is 8.69. The van der Waals surface area contributed by atoms with E-state index in [1.807, 2.05) is 12.1 Å². The molecule has 0 fully saturated rings. The van der Waals surface area contributed by atoms with Crippen LogP contribution in [0, 0.1) is 0 Å². The molecule has 1 aromatic carbocycles. The lowest BCUT2D eigenvalue weighted by Gasteiger charge is -2.18. The minimum atomic E-state index is -0.135. The van der Waals surface area contributed by atoms with Crippen LogP contribution in [0.2, 0.25) is 5.02 Å². The summed E-state index contributed by atoms with van der Waals surface area (Å²) < 4.78 is 5.44. The molecule has 1 aliphatic heterocycles. The number of carbonyl (C=O) groups excluding carboxylic acids is 2. The number of allylic oxidation sites excluding steroid dienone is 1. The number of benzene rings is 1. The molecule has 0 saturated heterocycles. The first-order valence-electron chi connectivity index (χ1n) is 10.5. The zero-order chi connectivity index (χ0) is 23.6. The van der Waals surface area contributed by atoms with Crippen molar-refractivity contribution in [3.63, 3.8) is 0 Å². The lowest BCUT2D eigenvalue weighted by atomic mass is 10.2. The van der Waals surface area contributed by atoms with Gasteiger partial charge in [0.1, 0.15) is 22.3 Å². The molecule has 0 spiro atoms. The van der Waals surface area contributed by atoms with Crippen molar-refractivity contribution >= 4 is 46.8 Å². The van der Waals surface area contributed by atoms with E-state index in [0.717, 1.165) is 11.3 Å². The molecule has 0 radical (unpaired) electrons. The Morgan fingerprint density at radius 3 is 2.27 bits per heavy atom. The third kappa shape index (κ3) is 7.83. The van der Waals surface area contributed by atoms with E-state index in [2.05, 4.69) is 31.2 Å². The number of anilines is 2. The van der Waals surface area contributed by atoms with Gasteiger partial charge in [0.05, 0.1) is 6.61 Å². The van der Waals surface area contributed by atoms with Crippen LogP contribution in [0.4, 0.5) is 11.6 Å². The van der Waals surface area contributed by atoms with Crippen molar-refractivity contribution in [1.82, 2.24) is 20.6 Å². The van der Waals surface area contributed by atoms with Gasteiger partial charge in [-0.1, -0.05) is 11.6 Å². The smallest absolute Gasteiger partial charge is 0.261 e. The Labute approximate surface area is 202 Å². The lowest BCUT2D eigenvalue weighted by molar-refractivity contribution is -0.119. The standard InChI is InChI=1S/C22H27ClN6O3S/c1-14-20(33-12-11-32-14)22(31)27-10-9-26-19-13-18(25-8-7-24-15(2)30)28-21(29-19)16-3-5-17(23)6-4-16/h3-6,13H,7-12H2,1-2H3,(H,24,30)(H,27,31)(H2,25,26,28,29). The summed E-state index contributed by atoms with van der Waals surface area (Å²) in [5.41, 5.74) is 0.818. The Kier molecular flexibility index (Phi) is 9.20. The molecule has 11 heteroatoms. The Balaban J connectivity index is 1.63. The molecule has 2 aromatic rings. The number of aromatic nitrogens is 2. The average Bonchev–Trinajstić information content (AvgIpc) is 2.80. The molecule has 1 aliphatic rings. The van der Waals surface area contributed by atoms with Crippen LogP contribution in [-0.2, 0) is 14.3 Å². The number of hydrogen-bond donors (Lipinski definition) is 4. The first-order chi connectivity index (χ1) is 15.9. The highest BCUT2D eigenvalue weighted by Crippen LogP contribution is 2.25. The van der Waals surface area contributed by atoms with Crippen LogP contribution in [-0.4, -0.2) is 60.3 Å². The van der Waals surface area contributed by atoms with E-state index in [-0.39, 0.29) is 11.8 Å². The van der Waals surface area contributed by atoms with Gasteiger partial charge in [-0.3, -0.25) is 9.59 Å². The lowest BCUT2D eigenvalue weighted by Crippen LogP contribution is -2.31. The van der Waals surface area contributed by atoms with Gasteiger partial charge in [-0.15, -0.1) is 11.8 Å². The first kappa shape index (κ1) is 24.7. The first-order valence-corrected chi connectivity index (χ1v) is 11.9. The molecule has 4 N–H and O–H groups in total. The van der Waals surface area contributed by atoms with Crippen LogP contribution < -0.4 is 21.3 Å². The van der Waals surface area contributed by atoms with Crippen molar-refractivity contribution in [2.75, 3.05) is 49.2 Å². The fourth-order valence-corrected chi connectivity index (χ4v) is 3.93. The topological polar surface area (TPSA) is 117 Å². The molecular formula is C22H27ClN6O3S. The second kappa shape index (κ2) is 12.3. The number of ether oxygens (including phenoxy) is 1. The van der Waals surface area contributed by atoms with Gasteiger partial charge in [0.2, 0.25) is 5.91 Å². The Hall–Kier alpha value is -2.98. The highest BCUT2D eigenvalue weighted by molar-refractivity contribution is 8.04. The number of thioether (sulfide) groups is 1. The zero-order valence-corrected chi connectivity index (χ0v) is 20.1. The van der Waals surface area contributed by atoms with Gasteiger partial charge in [0.25, 0.3) is 5.91 Å². The number of rotatable bonds is 10. The van der Waals surface area contributed by atoms with Gasteiger partial charge in [0, 0.05) is 55.5 Å². The molecule has 0 aliphatic carbocycles. The summed E-state index contributed by atoms with van der Waals surface area (Å²) >= 11 is 7.50. The minimum absolute atomic E-state index is 0.0881. The van der Waals surface area contributed by atoms with E-state index in [0.29, 0.717) is 65.9 Å². The van der Waals surface area contributed by atoms with E-state index in [4.69, 9.17) is 16.3 Å². The molecule has 0 unspecified atom stereocenters. The van der Waals surface area contributed by atoms with Crippen molar-refractivity contribution in [2.24, 2.45) is 0 Å². The predicted molar refractivity (Wildman–Crippen MR) is 132 cm³/mol. The number of carbonyl (C=O) groups is 2. The molecule has 3 rings (SSSR count). The molecule has 0 atom stereocenters. The van der Waals surface area contributed by atoms with Crippen LogP contribution in [0.25, 0.3) is 11.4 Å². The average molecular weight is 491 g/mol. The van der Waals surface area contributed by atoms with Crippen LogP contribution in [0.3, 0.4) is 0 Å². The molecule has 176 valence electrons. The summed E-state index contributed by atoms with van der Waals surface area (Å²) in [5.74, 6) is 2.96. The largest absolute Gasteiger partial charge is 0.496 e. The van der Waals surface area contributed by atoms with E-state index in [1.165, 1.54) is 18.7 Å².